The van der Waals surface area contributed by atoms with Crippen LogP contribution in [0.5, 0.6) is 0 Å². The second kappa shape index (κ2) is 7.99. The first-order valence-corrected chi connectivity index (χ1v) is 10.4. The molecule has 0 radical (unpaired) electrons. The first-order chi connectivity index (χ1) is 15.5. The molecule has 3 heterocycles. The minimum Gasteiger partial charge on any atom is -0.396 e. The molecule has 9 heteroatoms. The average Bonchev–Trinajstić information content (AvgIpc) is 3.49. The van der Waals surface area contributed by atoms with Crippen LogP contribution in [0.25, 0.3) is 11.4 Å². The van der Waals surface area contributed by atoms with E-state index in [9.17, 15) is 18.7 Å². The number of aliphatic hydroxyl groups is 1. The number of aromatic nitrogens is 2. The summed E-state index contributed by atoms with van der Waals surface area (Å²) in [6.07, 6.45) is -0.334. The van der Waals surface area contributed by atoms with Gasteiger partial charge in [0, 0.05) is 32.3 Å². The van der Waals surface area contributed by atoms with Crippen molar-refractivity contribution in [2.45, 2.75) is 25.4 Å². The number of benzene rings is 2. The molecule has 0 saturated carbocycles. The summed E-state index contributed by atoms with van der Waals surface area (Å²) in [5.74, 6) is -0.172. The van der Waals surface area contributed by atoms with Crippen molar-refractivity contribution in [3.63, 3.8) is 0 Å². The molecule has 0 aliphatic carbocycles. The lowest BCUT2D eigenvalue weighted by Gasteiger charge is -2.20. The number of likely N-dealkylation sites (N-methyl/N-ethyl adjacent to an activating group) is 1. The van der Waals surface area contributed by atoms with Crippen LogP contribution >= 0.6 is 0 Å². The standard InChI is InChI=1S/C23H22F2N4O3/c1-27-20-18(21(31)28(10-3-11-30)23-22(27)32-23)29(13-14-6-8-16(24)9-7-14)19(26-20)15-4-2-5-17(25)12-15/h2,4-9,12,22-23,30H,3,10-11,13H2,1H3. The maximum Gasteiger partial charge on any atom is 0.276 e. The number of anilines is 1. The number of epoxide rings is 1. The van der Waals surface area contributed by atoms with Gasteiger partial charge in [-0.05, 0) is 36.2 Å². The number of imidazole rings is 1. The summed E-state index contributed by atoms with van der Waals surface area (Å²) in [5, 5.41) is 9.28. The summed E-state index contributed by atoms with van der Waals surface area (Å²) >= 11 is 0. The number of aliphatic hydroxyl groups excluding tert-OH is 1. The minimum atomic E-state index is -0.413. The maximum absolute atomic E-state index is 14.0. The van der Waals surface area contributed by atoms with E-state index < -0.39 is 12.0 Å². The number of carbonyl (C=O) groups excluding carboxylic acids is 1. The highest BCUT2D eigenvalue weighted by atomic mass is 19.1. The largest absolute Gasteiger partial charge is 0.396 e. The summed E-state index contributed by atoms with van der Waals surface area (Å²) in [6.45, 7) is 0.534. The van der Waals surface area contributed by atoms with E-state index >= 15 is 0 Å². The van der Waals surface area contributed by atoms with Gasteiger partial charge < -0.3 is 24.2 Å². The van der Waals surface area contributed by atoms with Crippen molar-refractivity contribution >= 4 is 11.7 Å². The average molecular weight is 440 g/mol. The summed E-state index contributed by atoms with van der Waals surface area (Å²) in [4.78, 5) is 21.8. The van der Waals surface area contributed by atoms with Crippen LogP contribution in [0.1, 0.15) is 22.5 Å². The van der Waals surface area contributed by atoms with Crippen molar-refractivity contribution in [2.75, 3.05) is 25.1 Å². The van der Waals surface area contributed by atoms with Gasteiger partial charge in [-0.3, -0.25) is 4.79 Å². The molecule has 1 aromatic heterocycles. The van der Waals surface area contributed by atoms with Crippen LogP contribution in [0.15, 0.2) is 48.5 Å². The summed E-state index contributed by atoms with van der Waals surface area (Å²) in [5.41, 5.74) is 1.65. The molecule has 7 nitrogen and oxygen atoms in total. The number of fused-ring (bicyclic) bond motifs is 2. The maximum atomic E-state index is 14.0. The SMILES string of the molecule is CN1c2nc(-c3cccc(F)c3)n(Cc3ccc(F)cc3)c2C(=O)N(CCCO)C2OC21. The fraction of sp³-hybridized carbons (Fsp3) is 0.304. The van der Waals surface area contributed by atoms with Gasteiger partial charge in [0.2, 0.25) is 0 Å². The fourth-order valence-electron chi connectivity index (χ4n) is 4.12. The molecule has 3 aromatic rings. The molecule has 0 spiro atoms. The van der Waals surface area contributed by atoms with E-state index in [1.807, 2.05) is 0 Å². The topological polar surface area (TPSA) is 74.1 Å². The Balaban J connectivity index is 1.67. The number of hydrogen-bond donors (Lipinski definition) is 1. The second-order valence-corrected chi connectivity index (χ2v) is 7.93. The van der Waals surface area contributed by atoms with Crippen molar-refractivity contribution in [2.24, 2.45) is 0 Å². The van der Waals surface area contributed by atoms with Gasteiger partial charge in [-0.25, -0.2) is 13.8 Å². The predicted molar refractivity (Wildman–Crippen MR) is 113 cm³/mol. The van der Waals surface area contributed by atoms with Crippen molar-refractivity contribution in [1.29, 1.82) is 0 Å². The van der Waals surface area contributed by atoms with Crippen LogP contribution in [0.3, 0.4) is 0 Å². The van der Waals surface area contributed by atoms with Crippen molar-refractivity contribution < 1.29 is 23.4 Å². The summed E-state index contributed by atoms with van der Waals surface area (Å²) in [7, 11) is 1.80. The van der Waals surface area contributed by atoms with E-state index in [4.69, 9.17) is 9.72 Å². The van der Waals surface area contributed by atoms with E-state index in [1.165, 1.54) is 24.3 Å². The smallest absolute Gasteiger partial charge is 0.276 e. The first kappa shape index (κ1) is 20.6. The molecular weight excluding hydrogens is 418 g/mol. The molecule has 2 unspecified atom stereocenters. The monoisotopic (exact) mass is 440 g/mol. The van der Waals surface area contributed by atoms with E-state index in [0.717, 1.165) is 5.56 Å². The molecule has 166 valence electrons. The van der Waals surface area contributed by atoms with E-state index in [0.29, 0.717) is 35.9 Å². The van der Waals surface area contributed by atoms with Crippen LogP contribution < -0.4 is 4.90 Å². The van der Waals surface area contributed by atoms with Crippen molar-refractivity contribution in [3.05, 3.63) is 71.4 Å². The second-order valence-electron chi connectivity index (χ2n) is 7.93. The highest BCUT2D eigenvalue weighted by Crippen LogP contribution is 2.40. The summed E-state index contributed by atoms with van der Waals surface area (Å²) < 4.78 is 34.9. The number of ether oxygens (including phenoxy) is 1. The molecule has 2 aromatic carbocycles. The number of hydrogen-bond acceptors (Lipinski definition) is 5. The van der Waals surface area contributed by atoms with E-state index in [-0.39, 0.29) is 31.1 Å². The fourth-order valence-corrected chi connectivity index (χ4v) is 4.12. The Morgan fingerprint density at radius 1 is 1.09 bits per heavy atom. The quantitative estimate of drug-likeness (QED) is 0.597. The van der Waals surface area contributed by atoms with Gasteiger partial charge in [-0.15, -0.1) is 0 Å². The van der Waals surface area contributed by atoms with Gasteiger partial charge in [0.15, 0.2) is 24.0 Å². The molecule has 0 bridgehead atoms. The molecule has 2 atom stereocenters. The number of halogens is 2. The number of nitrogens with zero attached hydrogens (tertiary/aromatic N) is 4. The van der Waals surface area contributed by atoms with Crippen LogP contribution in [-0.4, -0.2) is 58.1 Å². The predicted octanol–water partition coefficient (Wildman–Crippen LogP) is 2.83. The van der Waals surface area contributed by atoms with E-state index in [2.05, 4.69) is 0 Å². The molecule has 1 N–H and O–H groups in total. The Labute approximate surface area is 183 Å². The van der Waals surface area contributed by atoms with Gasteiger partial charge in [0.1, 0.15) is 17.5 Å². The molecule has 2 aliphatic heterocycles. The third kappa shape index (κ3) is 3.53. The lowest BCUT2D eigenvalue weighted by Crippen LogP contribution is -2.37. The molecule has 1 amide bonds. The summed E-state index contributed by atoms with van der Waals surface area (Å²) in [6, 6.07) is 12.0. The normalized spacial score (nSPS) is 19.6. The Kier molecular flexibility index (Phi) is 5.15. The zero-order valence-electron chi connectivity index (χ0n) is 17.4. The van der Waals surface area contributed by atoms with E-state index in [1.54, 1.807) is 45.7 Å². The minimum absolute atomic E-state index is 0.0484. The zero-order chi connectivity index (χ0) is 22.4. The van der Waals surface area contributed by atoms with Crippen LogP contribution in [0.2, 0.25) is 0 Å². The first-order valence-electron chi connectivity index (χ1n) is 10.4. The molecule has 2 aliphatic rings. The molecular formula is C23H22F2N4O3. The van der Waals surface area contributed by atoms with Gasteiger partial charge >= 0.3 is 0 Å². The lowest BCUT2D eigenvalue weighted by atomic mass is 10.1. The van der Waals surface area contributed by atoms with Gasteiger partial charge in [-0.2, -0.15) is 0 Å². The lowest BCUT2D eigenvalue weighted by molar-refractivity contribution is 0.0646. The van der Waals surface area contributed by atoms with Crippen molar-refractivity contribution in [3.8, 4) is 11.4 Å². The Bertz CT molecular complexity index is 1160. The third-order valence-corrected chi connectivity index (χ3v) is 5.78. The Hall–Kier alpha value is -3.30. The third-order valence-electron chi connectivity index (χ3n) is 5.78. The zero-order valence-corrected chi connectivity index (χ0v) is 17.4. The van der Waals surface area contributed by atoms with Gasteiger partial charge in [-0.1, -0.05) is 24.3 Å². The molecule has 1 saturated heterocycles. The number of carbonyl (C=O) groups is 1. The van der Waals surface area contributed by atoms with Gasteiger partial charge in [0.05, 0.1) is 0 Å². The Morgan fingerprint density at radius 2 is 1.88 bits per heavy atom. The van der Waals surface area contributed by atoms with Crippen LogP contribution in [0, 0.1) is 11.6 Å². The van der Waals surface area contributed by atoms with Crippen LogP contribution in [0.4, 0.5) is 14.6 Å². The number of rotatable bonds is 6. The molecule has 32 heavy (non-hydrogen) atoms. The van der Waals surface area contributed by atoms with Crippen LogP contribution in [-0.2, 0) is 11.3 Å². The highest BCUT2D eigenvalue weighted by molar-refractivity contribution is 5.99. The van der Waals surface area contributed by atoms with Gasteiger partial charge in [0.25, 0.3) is 5.91 Å². The number of amides is 1. The molecule has 5 rings (SSSR count). The highest BCUT2D eigenvalue weighted by Gasteiger charge is 2.53. The van der Waals surface area contributed by atoms with Crippen molar-refractivity contribution in [1.82, 2.24) is 14.5 Å². The Morgan fingerprint density at radius 3 is 2.59 bits per heavy atom. The molecule has 1 fully saturated rings.